The summed E-state index contributed by atoms with van der Waals surface area (Å²) in [6, 6.07) is 14.2. The Labute approximate surface area is 173 Å². The number of aromatic nitrogens is 3. The molecule has 4 aromatic rings. The molecule has 0 spiro atoms. The van der Waals surface area contributed by atoms with Crippen molar-refractivity contribution in [3.8, 4) is 0 Å². The third-order valence-corrected chi connectivity index (χ3v) is 5.42. The fourth-order valence-corrected chi connectivity index (χ4v) is 3.86. The molecule has 150 valence electrons. The fraction of sp³-hybridized carbons (Fsp3) is 0.286. The van der Waals surface area contributed by atoms with Gasteiger partial charge >= 0.3 is 5.76 Å². The second kappa shape index (κ2) is 8.23. The summed E-state index contributed by atoms with van der Waals surface area (Å²) in [6.45, 7) is 4.84. The number of rotatable bonds is 4. The van der Waals surface area contributed by atoms with Crippen molar-refractivity contribution >= 4 is 40.1 Å². The van der Waals surface area contributed by atoms with Crippen molar-refractivity contribution in [2.45, 2.75) is 6.42 Å². The number of hydrogen-bond donors (Lipinski definition) is 1. The van der Waals surface area contributed by atoms with E-state index in [1.165, 1.54) is 5.56 Å². The Balaban J connectivity index is 0.00000205. The van der Waals surface area contributed by atoms with Gasteiger partial charge in [-0.15, -0.1) is 17.5 Å². The van der Waals surface area contributed by atoms with Crippen molar-refractivity contribution in [2.24, 2.45) is 0 Å². The molecule has 0 saturated carbocycles. The van der Waals surface area contributed by atoms with E-state index in [0.29, 0.717) is 5.58 Å². The normalized spacial score (nSPS) is 15.0. The second-order valence-electron chi connectivity index (χ2n) is 7.18. The largest absolute Gasteiger partial charge is 0.417 e. The lowest BCUT2D eigenvalue weighted by Gasteiger charge is -2.35. The maximum Gasteiger partial charge on any atom is 0.417 e. The number of nitrogens with one attached hydrogen (secondary N) is 1. The molecule has 0 atom stereocenters. The Morgan fingerprint density at radius 1 is 1.07 bits per heavy atom. The van der Waals surface area contributed by atoms with E-state index in [1.807, 2.05) is 30.5 Å². The number of anilines is 1. The summed E-state index contributed by atoms with van der Waals surface area (Å²) < 4.78 is 5.15. The number of fused-ring (bicyclic) bond motifs is 2. The van der Waals surface area contributed by atoms with E-state index in [-0.39, 0.29) is 12.4 Å². The number of nitrogens with zero attached hydrogens (tertiary/aromatic N) is 4. The van der Waals surface area contributed by atoms with Gasteiger partial charge in [-0.1, -0.05) is 30.3 Å². The number of oxazole rings is 1. The highest BCUT2D eigenvalue weighted by molar-refractivity contribution is 5.91. The van der Waals surface area contributed by atoms with E-state index < -0.39 is 5.76 Å². The van der Waals surface area contributed by atoms with Gasteiger partial charge in [-0.25, -0.2) is 4.79 Å². The second-order valence-corrected chi connectivity index (χ2v) is 7.18. The van der Waals surface area contributed by atoms with Gasteiger partial charge in [0.2, 0.25) is 0 Å². The van der Waals surface area contributed by atoms with Crippen molar-refractivity contribution in [1.29, 1.82) is 0 Å². The van der Waals surface area contributed by atoms with Gasteiger partial charge in [0.25, 0.3) is 0 Å². The lowest BCUT2D eigenvalue weighted by Crippen LogP contribution is -2.47. The molecule has 0 aliphatic carbocycles. The van der Waals surface area contributed by atoms with Crippen molar-refractivity contribution < 1.29 is 4.42 Å². The summed E-state index contributed by atoms with van der Waals surface area (Å²) in [7, 11) is 0. The van der Waals surface area contributed by atoms with Crippen LogP contribution in [0.4, 0.5) is 5.82 Å². The molecular formula is C21H22ClN5O2. The lowest BCUT2D eigenvalue weighted by molar-refractivity contribution is 0.260. The molecule has 1 aliphatic rings. The molecule has 29 heavy (non-hydrogen) atoms. The summed E-state index contributed by atoms with van der Waals surface area (Å²) in [5.74, 6) is 0.575. The van der Waals surface area contributed by atoms with Gasteiger partial charge in [0.1, 0.15) is 0 Å². The minimum atomic E-state index is -0.403. The van der Waals surface area contributed by atoms with Crippen LogP contribution in [0.25, 0.3) is 21.9 Å². The summed E-state index contributed by atoms with van der Waals surface area (Å²) in [5, 5.41) is 10.9. The van der Waals surface area contributed by atoms with Crippen LogP contribution in [0.5, 0.6) is 0 Å². The van der Waals surface area contributed by atoms with Crippen LogP contribution < -0.4 is 10.7 Å². The molecular weight excluding hydrogens is 390 g/mol. The standard InChI is InChI=1S/C21H21N5O2.ClH/c27-21-23-18-6-5-15(13-19(18)28-21)7-8-25-9-11-26(12-10-25)20-17-4-2-1-3-16(17)14-22-24-20;/h1-6,13-14H,7-12H2,(H,23,27);1H. The Kier molecular flexibility index (Phi) is 5.51. The van der Waals surface area contributed by atoms with Crippen LogP contribution >= 0.6 is 12.4 Å². The quantitative estimate of drug-likeness (QED) is 0.556. The molecule has 7 nitrogen and oxygen atoms in total. The maximum absolute atomic E-state index is 11.3. The summed E-state index contributed by atoms with van der Waals surface area (Å²) in [5.41, 5.74) is 2.55. The monoisotopic (exact) mass is 411 g/mol. The van der Waals surface area contributed by atoms with Crippen LogP contribution in [0.2, 0.25) is 0 Å². The Morgan fingerprint density at radius 2 is 1.90 bits per heavy atom. The summed E-state index contributed by atoms with van der Waals surface area (Å²) in [4.78, 5) is 18.8. The molecule has 1 aliphatic heterocycles. The van der Waals surface area contributed by atoms with Crippen LogP contribution in [0.1, 0.15) is 5.56 Å². The fourth-order valence-electron chi connectivity index (χ4n) is 3.86. The predicted octanol–water partition coefficient (Wildman–Crippen LogP) is 2.85. The molecule has 3 heterocycles. The lowest BCUT2D eigenvalue weighted by atomic mass is 10.1. The van der Waals surface area contributed by atoms with E-state index in [2.05, 4.69) is 43.2 Å². The zero-order valence-corrected chi connectivity index (χ0v) is 16.7. The smallest absolute Gasteiger partial charge is 0.408 e. The molecule has 0 bridgehead atoms. The molecule has 1 fully saturated rings. The van der Waals surface area contributed by atoms with Gasteiger partial charge in [0.05, 0.1) is 11.7 Å². The maximum atomic E-state index is 11.3. The minimum absolute atomic E-state index is 0. The number of aromatic amines is 1. The molecule has 5 rings (SSSR count). The first kappa shape index (κ1) is 19.4. The van der Waals surface area contributed by atoms with Crippen LogP contribution in [0, 0.1) is 0 Å². The first-order valence-electron chi connectivity index (χ1n) is 9.56. The van der Waals surface area contributed by atoms with Crippen LogP contribution in [-0.2, 0) is 6.42 Å². The zero-order valence-electron chi connectivity index (χ0n) is 15.9. The van der Waals surface area contributed by atoms with Crippen molar-refractivity contribution in [3.63, 3.8) is 0 Å². The van der Waals surface area contributed by atoms with E-state index >= 15 is 0 Å². The van der Waals surface area contributed by atoms with E-state index in [0.717, 1.165) is 61.3 Å². The summed E-state index contributed by atoms with van der Waals surface area (Å²) >= 11 is 0. The molecule has 2 aromatic heterocycles. The SMILES string of the molecule is Cl.O=c1[nH]c2ccc(CCN3CCN(c4nncc5ccccc45)CC3)cc2o1. The molecule has 0 unspecified atom stereocenters. The number of benzene rings is 2. The summed E-state index contributed by atoms with van der Waals surface area (Å²) in [6.07, 6.45) is 2.75. The number of H-pyrrole nitrogens is 1. The zero-order chi connectivity index (χ0) is 18.9. The van der Waals surface area contributed by atoms with Gasteiger partial charge < -0.3 is 9.32 Å². The molecule has 0 radical (unpaired) electrons. The molecule has 8 heteroatoms. The average Bonchev–Trinajstić information content (AvgIpc) is 3.11. The van der Waals surface area contributed by atoms with Gasteiger partial charge in [0, 0.05) is 43.5 Å². The topological polar surface area (TPSA) is 78.3 Å². The number of halogens is 1. The van der Waals surface area contributed by atoms with Crippen molar-refractivity contribution in [2.75, 3.05) is 37.6 Å². The first-order chi connectivity index (χ1) is 13.8. The van der Waals surface area contributed by atoms with E-state index in [1.54, 1.807) is 0 Å². The van der Waals surface area contributed by atoms with E-state index in [9.17, 15) is 4.79 Å². The van der Waals surface area contributed by atoms with E-state index in [4.69, 9.17) is 4.42 Å². The molecule has 2 aromatic carbocycles. The Morgan fingerprint density at radius 3 is 2.76 bits per heavy atom. The highest BCUT2D eigenvalue weighted by Crippen LogP contribution is 2.24. The van der Waals surface area contributed by atoms with Crippen molar-refractivity contribution in [3.05, 3.63) is 64.8 Å². The van der Waals surface area contributed by atoms with Crippen LogP contribution in [-0.4, -0.2) is 52.8 Å². The van der Waals surface area contributed by atoms with Gasteiger partial charge in [-0.3, -0.25) is 9.88 Å². The highest BCUT2D eigenvalue weighted by atomic mass is 35.5. The highest BCUT2D eigenvalue weighted by Gasteiger charge is 2.19. The third-order valence-electron chi connectivity index (χ3n) is 5.42. The minimum Gasteiger partial charge on any atom is -0.408 e. The van der Waals surface area contributed by atoms with Gasteiger partial charge in [-0.2, -0.15) is 5.10 Å². The van der Waals surface area contributed by atoms with Crippen molar-refractivity contribution in [1.82, 2.24) is 20.1 Å². The Hall–Kier alpha value is -2.90. The average molecular weight is 412 g/mol. The predicted molar refractivity (Wildman–Crippen MR) is 116 cm³/mol. The van der Waals surface area contributed by atoms with Gasteiger partial charge in [-0.05, 0) is 24.1 Å². The third kappa shape index (κ3) is 3.97. The molecule has 0 amide bonds. The first-order valence-corrected chi connectivity index (χ1v) is 9.56. The number of piperazine rings is 1. The number of hydrogen-bond acceptors (Lipinski definition) is 6. The molecule has 1 N–H and O–H groups in total. The molecule has 1 saturated heterocycles. The Bertz CT molecular complexity index is 1180. The van der Waals surface area contributed by atoms with Gasteiger partial charge in [0.15, 0.2) is 11.4 Å². The van der Waals surface area contributed by atoms with Crippen LogP contribution in [0.3, 0.4) is 0 Å². The van der Waals surface area contributed by atoms with Crippen LogP contribution in [0.15, 0.2) is 57.9 Å².